The summed E-state index contributed by atoms with van der Waals surface area (Å²) in [7, 11) is 3.51. The lowest BCUT2D eigenvalue weighted by atomic mass is 10.0. The molecule has 1 aliphatic rings. The van der Waals surface area contributed by atoms with Crippen molar-refractivity contribution >= 4 is 11.6 Å². The summed E-state index contributed by atoms with van der Waals surface area (Å²) in [6, 6.07) is 3.99. The molecule has 98 valence electrons. The van der Waals surface area contributed by atoms with Gasteiger partial charge in [-0.1, -0.05) is 0 Å². The summed E-state index contributed by atoms with van der Waals surface area (Å²) in [6.07, 6.45) is 0. The molecule has 1 heterocycles. The van der Waals surface area contributed by atoms with E-state index in [1.54, 1.807) is 12.0 Å². The number of methoxy groups -OCH3 is 1. The SMILES string of the molecule is COc1cc(C)c(N(C)C(=O)C2CNC2)cc1C. The number of hydrogen-bond donors (Lipinski definition) is 1. The molecular formula is C14H20N2O2. The summed E-state index contributed by atoms with van der Waals surface area (Å²) in [5.74, 6) is 1.17. The third-order valence-corrected chi connectivity index (χ3v) is 3.54. The Morgan fingerprint density at radius 1 is 1.33 bits per heavy atom. The lowest BCUT2D eigenvalue weighted by Gasteiger charge is -2.31. The van der Waals surface area contributed by atoms with Gasteiger partial charge in [0.25, 0.3) is 0 Å². The molecule has 0 spiro atoms. The molecule has 2 rings (SSSR count). The van der Waals surface area contributed by atoms with Crippen LogP contribution in [-0.2, 0) is 4.79 Å². The summed E-state index contributed by atoms with van der Waals surface area (Å²) < 4.78 is 5.29. The number of anilines is 1. The average molecular weight is 248 g/mol. The van der Waals surface area contributed by atoms with E-state index in [1.165, 1.54) is 0 Å². The number of carbonyl (C=O) groups is 1. The first-order chi connectivity index (χ1) is 8.54. The molecule has 1 fully saturated rings. The molecule has 0 aliphatic carbocycles. The Bertz CT molecular complexity index is 467. The van der Waals surface area contributed by atoms with E-state index >= 15 is 0 Å². The van der Waals surface area contributed by atoms with Gasteiger partial charge in [0.1, 0.15) is 5.75 Å². The second kappa shape index (κ2) is 4.98. The van der Waals surface area contributed by atoms with E-state index in [4.69, 9.17) is 4.74 Å². The topological polar surface area (TPSA) is 41.6 Å². The third-order valence-electron chi connectivity index (χ3n) is 3.54. The molecule has 1 amide bonds. The molecule has 0 atom stereocenters. The third kappa shape index (κ3) is 2.20. The standard InChI is InChI=1S/C14H20N2O2/c1-9-6-13(18-4)10(2)5-12(9)16(3)14(17)11-7-15-8-11/h5-6,11,15H,7-8H2,1-4H3. The molecule has 1 aliphatic heterocycles. The van der Waals surface area contributed by atoms with Crippen LogP contribution in [0.25, 0.3) is 0 Å². The van der Waals surface area contributed by atoms with Gasteiger partial charge in [0.2, 0.25) is 5.91 Å². The summed E-state index contributed by atoms with van der Waals surface area (Å²) in [4.78, 5) is 14.0. The molecule has 1 aromatic rings. The molecule has 4 nitrogen and oxygen atoms in total. The molecule has 0 bridgehead atoms. The van der Waals surface area contributed by atoms with E-state index in [-0.39, 0.29) is 11.8 Å². The van der Waals surface area contributed by atoms with Crippen molar-refractivity contribution in [2.75, 3.05) is 32.1 Å². The number of hydrogen-bond acceptors (Lipinski definition) is 3. The predicted octanol–water partition coefficient (Wildman–Crippen LogP) is 1.49. The number of benzene rings is 1. The molecular weight excluding hydrogens is 228 g/mol. The fourth-order valence-corrected chi connectivity index (χ4v) is 2.21. The molecule has 1 saturated heterocycles. The maximum absolute atomic E-state index is 12.2. The van der Waals surface area contributed by atoms with Crippen molar-refractivity contribution < 1.29 is 9.53 Å². The summed E-state index contributed by atoms with van der Waals surface area (Å²) in [5.41, 5.74) is 3.07. The first kappa shape index (κ1) is 12.9. The van der Waals surface area contributed by atoms with Gasteiger partial charge in [-0.2, -0.15) is 0 Å². The number of ether oxygens (including phenoxy) is 1. The van der Waals surface area contributed by atoms with Crippen molar-refractivity contribution in [3.63, 3.8) is 0 Å². The van der Waals surface area contributed by atoms with Crippen LogP contribution >= 0.6 is 0 Å². The Hall–Kier alpha value is -1.55. The minimum absolute atomic E-state index is 0.122. The Balaban J connectivity index is 2.26. The van der Waals surface area contributed by atoms with E-state index in [0.717, 1.165) is 35.7 Å². The van der Waals surface area contributed by atoms with Crippen LogP contribution in [0.1, 0.15) is 11.1 Å². The van der Waals surface area contributed by atoms with Gasteiger partial charge in [-0.3, -0.25) is 4.79 Å². The molecule has 0 unspecified atom stereocenters. The highest BCUT2D eigenvalue weighted by Crippen LogP contribution is 2.29. The highest BCUT2D eigenvalue weighted by molar-refractivity contribution is 5.96. The minimum Gasteiger partial charge on any atom is -0.496 e. The molecule has 0 saturated carbocycles. The smallest absolute Gasteiger partial charge is 0.232 e. The monoisotopic (exact) mass is 248 g/mol. The van der Waals surface area contributed by atoms with E-state index in [9.17, 15) is 4.79 Å². The zero-order valence-corrected chi connectivity index (χ0v) is 11.4. The highest BCUT2D eigenvalue weighted by Gasteiger charge is 2.28. The van der Waals surface area contributed by atoms with E-state index in [1.807, 2.05) is 33.0 Å². The van der Waals surface area contributed by atoms with Gasteiger partial charge >= 0.3 is 0 Å². The Morgan fingerprint density at radius 3 is 2.50 bits per heavy atom. The number of rotatable bonds is 3. The summed E-state index contributed by atoms with van der Waals surface area (Å²) >= 11 is 0. The van der Waals surface area contributed by atoms with Gasteiger partial charge in [-0.25, -0.2) is 0 Å². The molecule has 0 aromatic heterocycles. The molecule has 0 radical (unpaired) electrons. The number of aryl methyl sites for hydroxylation is 2. The fraction of sp³-hybridized carbons (Fsp3) is 0.500. The summed E-state index contributed by atoms with van der Waals surface area (Å²) in [6.45, 7) is 5.57. The van der Waals surface area contributed by atoms with E-state index < -0.39 is 0 Å². The van der Waals surface area contributed by atoms with Crippen LogP contribution in [0.2, 0.25) is 0 Å². The van der Waals surface area contributed by atoms with Crippen LogP contribution in [0, 0.1) is 19.8 Å². The zero-order valence-electron chi connectivity index (χ0n) is 11.4. The zero-order chi connectivity index (χ0) is 13.3. The predicted molar refractivity (Wildman–Crippen MR) is 72.2 cm³/mol. The van der Waals surface area contributed by atoms with Crippen LogP contribution in [0.5, 0.6) is 5.75 Å². The lowest BCUT2D eigenvalue weighted by molar-refractivity contribution is -0.123. The highest BCUT2D eigenvalue weighted by atomic mass is 16.5. The number of nitrogens with zero attached hydrogens (tertiary/aromatic N) is 1. The van der Waals surface area contributed by atoms with Crippen molar-refractivity contribution in [1.82, 2.24) is 5.32 Å². The van der Waals surface area contributed by atoms with Crippen LogP contribution in [0.15, 0.2) is 12.1 Å². The van der Waals surface area contributed by atoms with Crippen LogP contribution < -0.4 is 15.0 Å². The minimum atomic E-state index is 0.122. The summed E-state index contributed by atoms with van der Waals surface area (Å²) in [5, 5.41) is 3.13. The van der Waals surface area contributed by atoms with Crippen molar-refractivity contribution in [2.24, 2.45) is 5.92 Å². The normalized spacial score (nSPS) is 15.1. The van der Waals surface area contributed by atoms with E-state index in [0.29, 0.717) is 0 Å². The number of amides is 1. The van der Waals surface area contributed by atoms with Crippen LogP contribution in [0.3, 0.4) is 0 Å². The maximum Gasteiger partial charge on any atom is 0.232 e. The van der Waals surface area contributed by atoms with Gasteiger partial charge in [0, 0.05) is 25.8 Å². The maximum atomic E-state index is 12.2. The second-order valence-electron chi connectivity index (χ2n) is 4.86. The van der Waals surface area contributed by atoms with Crippen molar-refractivity contribution in [3.05, 3.63) is 23.3 Å². The second-order valence-corrected chi connectivity index (χ2v) is 4.86. The Kier molecular flexibility index (Phi) is 3.57. The van der Waals surface area contributed by atoms with Crippen LogP contribution in [-0.4, -0.2) is 33.2 Å². The van der Waals surface area contributed by atoms with Crippen molar-refractivity contribution in [1.29, 1.82) is 0 Å². The lowest BCUT2D eigenvalue weighted by Crippen LogP contribution is -2.51. The number of carbonyl (C=O) groups excluding carboxylic acids is 1. The van der Waals surface area contributed by atoms with Gasteiger partial charge < -0.3 is 15.0 Å². The first-order valence-corrected chi connectivity index (χ1v) is 6.18. The van der Waals surface area contributed by atoms with Crippen LogP contribution in [0.4, 0.5) is 5.69 Å². The van der Waals surface area contributed by atoms with E-state index in [2.05, 4.69) is 5.32 Å². The fourth-order valence-electron chi connectivity index (χ4n) is 2.21. The largest absolute Gasteiger partial charge is 0.496 e. The van der Waals surface area contributed by atoms with Crippen molar-refractivity contribution in [2.45, 2.75) is 13.8 Å². The van der Waals surface area contributed by atoms with Gasteiger partial charge in [0.05, 0.1) is 13.0 Å². The molecule has 4 heteroatoms. The quantitative estimate of drug-likeness (QED) is 0.881. The van der Waals surface area contributed by atoms with Crippen molar-refractivity contribution in [3.8, 4) is 5.75 Å². The van der Waals surface area contributed by atoms with Gasteiger partial charge in [0.15, 0.2) is 0 Å². The van der Waals surface area contributed by atoms with Gasteiger partial charge in [-0.15, -0.1) is 0 Å². The molecule has 18 heavy (non-hydrogen) atoms. The Labute approximate surface area is 108 Å². The first-order valence-electron chi connectivity index (χ1n) is 6.18. The molecule has 1 N–H and O–H groups in total. The number of nitrogens with one attached hydrogen (secondary N) is 1. The van der Waals surface area contributed by atoms with Gasteiger partial charge in [-0.05, 0) is 37.1 Å². The molecule has 1 aromatic carbocycles. The average Bonchev–Trinajstić information content (AvgIpc) is 2.28. The Morgan fingerprint density at radius 2 is 2.00 bits per heavy atom.